The Balaban J connectivity index is 1.73. The second kappa shape index (κ2) is 6.53. The van der Waals surface area contributed by atoms with Crippen molar-refractivity contribution in [2.75, 3.05) is 0 Å². The number of aryl methyl sites for hydroxylation is 1. The summed E-state index contributed by atoms with van der Waals surface area (Å²) >= 11 is 7.22. The van der Waals surface area contributed by atoms with E-state index in [1.54, 1.807) is 11.3 Å². The molecular weight excluding hydrogens is 353 g/mol. The van der Waals surface area contributed by atoms with E-state index in [2.05, 4.69) is 5.32 Å². The zero-order chi connectivity index (χ0) is 17.4. The van der Waals surface area contributed by atoms with Gasteiger partial charge in [-0.1, -0.05) is 17.7 Å². The molecule has 24 heavy (non-hydrogen) atoms. The quantitative estimate of drug-likeness (QED) is 0.842. The number of hydrogen-bond donors (Lipinski definition) is 2. The van der Waals surface area contributed by atoms with E-state index < -0.39 is 17.8 Å². The third kappa shape index (κ3) is 3.30. The minimum absolute atomic E-state index is 0.0929. The van der Waals surface area contributed by atoms with Gasteiger partial charge in [-0.05, 0) is 48.1 Å². The molecule has 4 nitrogen and oxygen atoms in total. The van der Waals surface area contributed by atoms with Crippen molar-refractivity contribution < 1.29 is 19.1 Å². The SMILES string of the molecule is Cc1ccsc1C1CC1C(=O)NC(C(=O)O)c1ccc(Cl)c(F)c1. The third-order valence-electron chi connectivity index (χ3n) is 4.18. The average Bonchev–Trinajstić information content (AvgIpc) is 3.21. The van der Waals surface area contributed by atoms with E-state index in [0.717, 1.165) is 11.6 Å². The molecule has 0 radical (unpaired) electrons. The zero-order valence-corrected chi connectivity index (χ0v) is 14.3. The zero-order valence-electron chi connectivity index (χ0n) is 12.8. The summed E-state index contributed by atoms with van der Waals surface area (Å²) in [6, 6.07) is 4.43. The summed E-state index contributed by atoms with van der Waals surface area (Å²) in [7, 11) is 0. The molecule has 2 N–H and O–H groups in total. The van der Waals surface area contributed by atoms with E-state index in [1.807, 2.05) is 18.4 Å². The number of benzene rings is 1. The molecule has 0 saturated heterocycles. The van der Waals surface area contributed by atoms with E-state index in [-0.39, 0.29) is 28.3 Å². The van der Waals surface area contributed by atoms with Crippen molar-refractivity contribution in [1.29, 1.82) is 0 Å². The van der Waals surface area contributed by atoms with Crippen LogP contribution in [0.3, 0.4) is 0 Å². The number of carboxylic acid groups (broad SMARTS) is 1. The maximum absolute atomic E-state index is 13.6. The first-order valence-electron chi connectivity index (χ1n) is 7.40. The topological polar surface area (TPSA) is 66.4 Å². The molecule has 1 aromatic carbocycles. The number of halogens is 2. The van der Waals surface area contributed by atoms with Gasteiger partial charge in [0, 0.05) is 16.7 Å². The molecule has 3 rings (SSSR count). The number of amides is 1. The number of thiophene rings is 1. The molecule has 1 aliphatic rings. The number of carboxylic acids is 1. The molecule has 1 saturated carbocycles. The lowest BCUT2D eigenvalue weighted by Crippen LogP contribution is -2.35. The fourth-order valence-corrected chi connectivity index (χ4v) is 3.99. The monoisotopic (exact) mass is 367 g/mol. The van der Waals surface area contributed by atoms with Crippen LogP contribution in [-0.4, -0.2) is 17.0 Å². The van der Waals surface area contributed by atoms with Gasteiger partial charge in [0.15, 0.2) is 6.04 Å². The molecule has 2 aromatic rings. The normalized spacial score (nSPS) is 20.5. The maximum atomic E-state index is 13.6. The highest BCUT2D eigenvalue weighted by atomic mass is 35.5. The van der Waals surface area contributed by atoms with E-state index in [4.69, 9.17) is 11.6 Å². The molecule has 3 atom stereocenters. The van der Waals surface area contributed by atoms with Crippen molar-refractivity contribution in [1.82, 2.24) is 5.32 Å². The van der Waals surface area contributed by atoms with Crippen LogP contribution in [-0.2, 0) is 9.59 Å². The smallest absolute Gasteiger partial charge is 0.330 e. The third-order valence-corrected chi connectivity index (χ3v) is 5.63. The molecular formula is C17H15ClFNO3S. The van der Waals surface area contributed by atoms with Gasteiger partial charge < -0.3 is 10.4 Å². The van der Waals surface area contributed by atoms with Crippen molar-refractivity contribution in [3.8, 4) is 0 Å². The Morgan fingerprint density at radius 3 is 2.75 bits per heavy atom. The molecule has 1 amide bonds. The summed E-state index contributed by atoms with van der Waals surface area (Å²) in [5, 5.41) is 13.8. The molecule has 126 valence electrons. The van der Waals surface area contributed by atoms with E-state index in [9.17, 15) is 19.1 Å². The minimum atomic E-state index is -1.30. The Hall–Kier alpha value is -1.92. The summed E-state index contributed by atoms with van der Waals surface area (Å²) in [6.45, 7) is 2.00. The lowest BCUT2D eigenvalue weighted by molar-refractivity contribution is -0.142. The molecule has 3 unspecified atom stereocenters. The number of nitrogens with one attached hydrogen (secondary N) is 1. The number of carbonyl (C=O) groups is 2. The molecule has 0 spiro atoms. The Labute approximate surface area is 147 Å². The average molecular weight is 368 g/mol. The second-order valence-electron chi connectivity index (χ2n) is 5.87. The van der Waals surface area contributed by atoms with Gasteiger partial charge in [-0.3, -0.25) is 4.79 Å². The summed E-state index contributed by atoms with van der Waals surface area (Å²) in [5.41, 5.74) is 1.30. The maximum Gasteiger partial charge on any atom is 0.330 e. The molecule has 0 aliphatic heterocycles. The molecule has 0 bridgehead atoms. The number of aliphatic carboxylic acids is 1. The van der Waals surface area contributed by atoms with Crippen LogP contribution >= 0.6 is 22.9 Å². The summed E-state index contributed by atoms with van der Waals surface area (Å²) in [4.78, 5) is 25.0. The van der Waals surface area contributed by atoms with Crippen LogP contribution in [0, 0.1) is 18.7 Å². The Morgan fingerprint density at radius 1 is 1.42 bits per heavy atom. The van der Waals surface area contributed by atoms with Crippen LogP contribution in [0.4, 0.5) is 4.39 Å². The summed E-state index contributed by atoms with van der Waals surface area (Å²) < 4.78 is 13.6. The van der Waals surface area contributed by atoms with Crippen molar-refractivity contribution in [2.24, 2.45) is 5.92 Å². The lowest BCUT2D eigenvalue weighted by Gasteiger charge is -2.15. The van der Waals surface area contributed by atoms with Crippen LogP contribution in [0.2, 0.25) is 5.02 Å². The second-order valence-corrected chi connectivity index (χ2v) is 7.22. The molecule has 1 aromatic heterocycles. The largest absolute Gasteiger partial charge is 0.479 e. The predicted octanol–water partition coefficient (Wildman–Crippen LogP) is 3.89. The van der Waals surface area contributed by atoms with E-state index in [0.29, 0.717) is 6.42 Å². The minimum Gasteiger partial charge on any atom is -0.479 e. The number of rotatable bonds is 5. The van der Waals surface area contributed by atoms with Gasteiger partial charge >= 0.3 is 5.97 Å². The predicted molar refractivity (Wildman–Crippen MR) is 89.8 cm³/mol. The lowest BCUT2D eigenvalue weighted by atomic mass is 10.1. The van der Waals surface area contributed by atoms with E-state index in [1.165, 1.54) is 17.0 Å². The number of carbonyl (C=O) groups excluding carboxylic acids is 1. The fraction of sp³-hybridized carbons (Fsp3) is 0.294. The van der Waals surface area contributed by atoms with Crippen LogP contribution in [0.1, 0.15) is 34.4 Å². The Morgan fingerprint density at radius 2 is 2.17 bits per heavy atom. The van der Waals surface area contributed by atoms with E-state index >= 15 is 0 Å². The van der Waals surface area contributed by atoms with Gasteiger partial charge in [0.1, 0.15) is 5.82 Å². The molecule has 7 heteroatoms. The Bertz CT molecular complexity index is 807. The van der Waals surface area contributed by atoms with Crippen LogP contribution in [0.15, 0.2) is 29.6 Å². The standard InChI is InChI=1S/C17H15ClFNO3S/c1-8-4-5-24-15(8)10-7-11(10)16(21)20-14(17(22)23)9-2-3-12(18)13(19)6-9/h2-6,10-11,14H,7H2,1H3,(H,20,21)(H,22,23). The highest BCUT2D eigenvalue weighted by molar-refractivity contribution is 7.10. The fourth-order valence-electron chi connectivity index (χ4n) is 2.77. The first kappa shape index (κ1) is 16.9. The van der Waals surface area contributed by atoms with Crippen molar-refractivity contribution in [3.63, 3.8) is 0 Å². The molecule has 1 aliphatic carbocycles. The van der Waals surface area contributed by atoms with Crippen molar-refractivity contribution in [3.05, 3.63) is 56.5 Å². The summed E-state index contributed by atoms with van der Waals surface area (Å²) in [5.74, 6) is -2.37. The highest BCUT2D eigenvalue weighted by Crippen LogP contribution is 2.50. The van der Waals surface area contributed by atoms with Crippen LogP contribution < -0.4 is 5.32 Å². The van der Waals surface area contributed by atoms with Gasteiger partial charge in [0.2, 0.25) is 5.91 Å². The summed E-state index contributed by atoms with van der Waals surface area (Å²) in [6.07, 6.45) is 0.703. The highest BCUT2D eigenvalue weighted by Gasteiger charge is 2.46. The van der Waals surface area contributed by atoms with Gasteiger partial charge in [0.25, 0.3) is 0 Å². The van der Waals surface area contributed by atoms with Gasteiger partial charge in [-0.2, -0.15) is 0 Å². The first-order valence-corrected chi connectivity index (χ1v) is 8.66. The van der Waals surface area contributed by atoms with Gasteiger partial charge in [-0.25, -0.2) is 9.18 Å². The Kier molecular flexibility index (Phi) is 4.60. The van der Waals surface area contributed by atoms with Crippen LogP contribution in [0.5, 0.6) is 0 Å². The first-order chi connectivity index (χ1) is 11.4. The van der Waals surface area contributed by atoms with Crippen molar-refractivity contribution in [2.45, 2.75) is 25.3 Å². The van der Waals surface area contributed by atoms with Crippen LogP contribution in [0.25, 0.3) is 0 Å². The molecule has 1 heterocycles. The van der Waals surface area contributed by atoms with Crippen molar-refractivity contribution >= 4 is 34.8 Å². The number of hydrogen-bond acceptors (Lipinski definition) is 3. The van der Waals surface area contributed by atoms with Gasteiger partial charge in [0.05, 0.1) is 5.02 Å². The van der Waals surface area contributed by atoms with Gasteiger partial charge in [-0.15, -0.1) is 11.3 Å². The molecule has 1 fully saturated rings.